The van der Waals surface area contributed by atoms with E-state index in [-0.39, 0.29) is 12.5 Å². The third-order valence-corrected chi connectivity index (χ3v) is 5.03. The first-order valence-electron chi connectivity index (χ1n) is 8.84. The van der Waals surface area contributed by atoms with Crippen LogP contribution in [-0.4, -0.2) is 17.5 Å². The minimum atomic E-state index is -0.302. The number of halogens is 2. The van der Waals surface area contributed by atoms with Crippen LogP contribution in [0.3, 0.4) is 0 Å². The van der Waals surface area contributed by atoms with Gasteiger partial charge in [-0.05, 0) is 61.0 Å². The maximum Gasteiger partial charge on any atom is 0.262 e. The Balaban J connectivity index is 1.48. The van der Waals surface area contributed by atoms with Gasteiger partial charge >= 0.3 is 0 Å². The molecule has 0 atom stereocenters. The number of oxazole rings is 1. The number of aromatic nitrogens is 1. The number of nitrogens with zero attached hydrogens (tertiary/aromatic N) is 1. The minimum Gasteiger partial charge on any atom is -0.484 e. The van der Waals surface area contributed by atoms with E-state index in [0.717, 1.165) is 11.1 Å². The van der Waals surface area contributed by atoms with Crippen molar-refractivity contribution in [3.63, 3.8) is 0 Å². The fourth-order valence-corrected chi connectivity index (χ4v) is 3.12. The maximum absolute atomic E-state index is 12.3. The Bertz CT molecular complexity index is 1170. The Morgan fingerprint density at radius 1 is 1.07 bits per heavy atom. The highest BCUT2D eigenvalue weighted by molar-refractivity contribution is 6.33. The van der Waals surface area contributed by atoms with Crippen molar-refractivity contribution < 1.29 is 13.9 Å². The van der Waals surface area contributed by atoms with E-state index in [4.69, 9.17) is 32.4 Å². The lowest BCUT2D eigenvalue weighted by molar-refractivity contribution is -0.118. The Morgan fingerprint density at radius 2 is 1.86 bits per heavy atom. The van der Waals surface area contributed by atoms with E-state index in [2.05, 4.69) is 10.3 Å². The number of benzene rings is 3. The zero-order chi connectivity index (χ0) is 20.4. The molecule has 0 saturated carbocycles. The van der Waals surface area contributed by atoms with Crippen molar-refractivity contribution in [2.24, 2.45) is 0 Å². The summed E-state index contributed by atoms with van der Waals surface area (Å²) >= 11 is 12.3. The average Bonchev–Trinajstić information content (AvgIpc) is 3.14. The van der Waals surface area contributed by atoms with E-state index in [0.29, 0.717) is 38.5 Å². The maximum atomic E-state index is 12.3. The number of amides is 1. The molecule has 146 valence electrons. The SMILES string of the molecule is Cc1cc(OCC(=O)Nc2ccc(Cl)c(-c3nc4ccccc4o3)c2)ccc1Cl. The highest BCUT2D eigenvalue weighted by Crippen LogP contribution is 2.32. The van der Waals surface area contributed by atoms with Gasteiger partial charge in [0, 0.05) is 10.7 Å². The van der Waals surface area contributed by atoms with Gasteiger partial charge in [-0.15, -0.1) is 0 Å². The Morgan fingerprint density at radius 3 is 2.66 bits per heavy atom. The number of hydrogen-bond acceptors (Lipinski definition) is 4. The first-order chi connectivity index (χ1) is 14.0. The highest BCUT2D eigenvalue weighted by Gasteiger charge is 2.13. The molecule has 1 heterocycles. The molecule has 1 N–H and O–H groups in total. The molecule has 3 aromatic carbocycles. The molecular formula is C22H16Cl2N2O3. The Kier molecular flexibility index (Phi) is 5.43. The fraction of sp³-hybridized carbons (Fsp3) is 0.0909. The summed E-state index contributed by atoms with van der Waals surface area (Å²) in [6.45, 7) is 1.73. The van der Waals surface area contributed by atoms with Gasteiger partial charge < -0.3 is 14.5 Å². The molecule has 1 aromatic heterocycles. The molecule has 1 amide bonds. The average molecular weight is 427 g/mol. The third-order valence-electron chi connectivity index (χ3n) is 4.27. The molecule has 7 heteroatoms. The molecule has 0 saturated heterocycles. The first kappa shape index (κ1) is 19.3. The van der Waals surface area contributed by atoms with Crippen LogP contribution in [0.15, 0.2) is 65.1 Å². The molecule has 29 heavy (non-hydrogen) atoms. The van der Waals surface area contributed by atoms with E-state index in [1.807, 2.05) is 31.2 Å². The van der Waals surface area contributed by atoms with Crippen LogP contribution in [0.5, 0.6) is 5.75 Å². The van der Waals surface area contributed by atoms with E-state index < -0.39 is 0 Å². The monoisotopic (exact) mass is 426 g/mol. The molecule has 0 radical (unpaired) electrons. The predicted octanol–water partition coefficient (Wildman–Crippen LogP) is 6.13. The summed E-state index contributed by atoms with van der Waals surface area (Å²) in [5, 5.41) is 3.91. The second kappa shape index (κ2) is 8.15. The number of rotatable bonds is 5. The van der Waals surface area contributed by atoms with Crippen molar-refractivity contribution in [3.8, 4) is 17.2 Å². The molecule has 5 nitrogen and oxygen atoms in total. The fourth-order valence-electron chi connectivity index (χ4n) is 2.81. The van der Waals surface area contributed by atoms with Crippen molar-refractivity contribution in [1.29, 1.82) is 0 Å². The van der Waals surface area contributed by atoms with E-state index >= 15 is 0 Å². The van der Waals surface area contributed by atoms with Crippen molar-refractivity contribution >= 4 is 45.9 Å². The van der Waals surface area contributed by atoms with Crippen molar-refractivity contribution in [2.75, 3.05) is 11.9 Å². The molecule has 0 unspecified atom stereocenters. The molecule has 4 aromatic rings. The molecule has 0 aliphatic heterocycles. The number of carbonyl (C=O) groups is 1. The second-order valence-electron chi connectivity index (χ2n) is 6.43. The van der Waals surface area contributed by atoms with Gasteiger partial charge in [-0.3, -0.25) is 4.79 Å². The van der Waals surface area contributed by atoms with E-state index in [9.17, 15) is 4.79 Å². The summed E-state index contributed by atoms with van der Waals surface area (Å²) in [5.41, 5.74) is 3.44. The number of carbonyl (C=O) groups excluding carboxylic acids is 1. The van der Waals surface area contributed by atoms with Crippen LogP contribution >= 0.6 is 23.2 Å². The molecule has 0 spiro atoms. The first-order valence-corrected chi connectivity index (χ1v) is 9.59. The number of hydrogen-bond donors (Lipinski definition) is 1. The topological polar surface area (TPSA) is 64.4 Å². The molecule has 0 aliphatic carbocycles. The Hall–Kier alpha value is -3.02. The number of aryl methyl sites for hydroxylation is 1. The van der Waals surface area contributed by atoms with Gasteiger partial charge in [0.1, 0.15) is 11.3 Å². The van der Waals surface area contributed by atoms with Crippen LogP contribution in [0.4, 0.5) is 5.69 Å². The smallest absolute Gasteiger partial charge is 0.262 e. The number of anilines is 1. The van der Waals surface area contributed by atoms with E-state index in [1.165, 1.54) is 0 Å². The van der Waals surface area contributed by atoms with Crippen molar-refractivity contribution in [2.45, 2.75) is 6.92 Å². The van der Waals surface area contributed by atoms with Gasteiger partial charge in [-0.25, -0.2) is 4.98 Å². The molecular weight excluding hydrogens is 411 g/mol. The van der Waals surface area contributed by atoms with Crippen molar-refractivity contribution in [1.82, 2.24) is 4.98 Å². The largest absolute Gasteiger partial charge is 0.484 e. The van der Waals surface area contributed by atoms with Gasteiger partial charge in [-0.2, -0.15) is 0 Å². The predicted molar refractivity (Wildman–Crippen MR) is 115 cm³/mol. The summed E-state index contributed by atoms with van der Waals surface area (Å²) in [6.07, 6.45) is 0. The van der Waals surface area contributed by atoms with Crippen LogP contribution in [0.1, 0.15) is 5.56 Å². The number of para-hydroxylation sites is 2. The van der Waals surface area contributed by atoms with Gasteiger partial charge in [0.05, 0.1) is 10.6 Å². The summed E-state index contributed by atoms with van der Waals surface area (Å²) in [4.78, 5) is 16.7. The zero-order valence-electron chi connectivity index (χ0n) is 15.4. The normalized spacial score (nSPS) is 10.9. The molecule has 4 rings (SSSR count). The van der Waals surface area contributed by atoms with Gasteiger partial charge in [0.2, 0.25) is 5.89 Å². The number of fused-ring (bicyclic) bond motifs is 1. The van der Waals surface area contributed by atoms with Crippen LogP contribution in [0.2, 0.25) is 10.0 Å². The minimum absolute atomic E-state index is 0.137. The van der Waals surface area contributed by atoms with Gasteiger partial charge in [0.25, 0.3) is 5.91 Å². The van der Waals surface area contributed by atoms with Crippen molar-refractivity contribution in [3.05, 3.63) is 76.3 Å². The third kappa shape index (κ3) is 4.36. The van der Waals surface area contributed by atoms with Crippen LogP contribution in [-0.2, 0) is 4.79 Å². The summed E-state index contributed by atoms with van der Waals surface area (Å²) in [6, 6.07) is 17.8. The number of nitrogens with one attached hydrogen (secondary N) is 1. The summed E-state index contributed by atoms with van der Waals surface area (Å²) < 4.78 is 11.3. The molecule has 0 bridgehead atoms. The van der Waals surface area contributed by atoms with Gasteiger partial charge in [-0.1, -0.05) is 35.3 Å². The quantitative estimate of drug-likeness (QED) is 0.416. The number of ether oxygens (including phenoxy) is 1. The standard InChI is InChI=1S/C22H16Cl2N2O3/c1-13-10-15(7-9-17(13)23)28-12-21(27)25-14-6-8-18(24)16(11-14)22-26-19-4-2-3-5-20(19)29-22/h2-11H,12H2,1H3,(H,25,27). The van der Waals surface area contributed by atoms with Crippen LogP contribution in [0.25, 0.3) is 22.6 Å². The lowest BCUT2D eigenvalue weighted by atomic mass is 10.2. The summed E-state index contributed by atoms with van der Waals surface area (Å²) in [7, 11) is 0. The molecule has 0 aliphatic rings. The zero-order valence-corrected chi connectivity index (χ0v) is 16.9. The lowest BCUT2D eigenvalue weighted by Crippen LogP contribution is -2.20. The highest BCUT2D eigenvalue weighted by atomic mass is 35.5. The van der Waals surface area contributed by atoms with Gasteiger partial charge in [0.15, 0.2) is 12.2 Å². The Labute approximate surface area is 177 Å². The van der Waals surface area contributed by atoms with Crippen LogP contribution in [0, 0.1) is 6.92 Å². The summed E-state index contributed by atoms with van der Waals surface area (Å²) in [5.74, 6) is 0.661. The van der Waals surface area contributed by atoms with Crippen LogP contribution < -0.4 is 10.1 Å². The lowest BCUT2D eigenvalue weighted by Gasteiger charge is -2.10. The second-order valence-corrected chi connectivity index (χ2v) is 7.24. The van der Waals surface area contributed by atoms with E-state index in [1.54, 1.807) is 36.4 Å². The molecule has 0 fully saturated rings.